The number of hydrogen-bond acceptors (Lipinski definition) is 4. The molecule has 4 nitrogen and oxygen atoms in total. The SMILES string of the molecule is CN(CCCCC=O)c1cccc(-c2nc(Cl)ncc2F)c1. The fourth-order valence-corrected chi connectivity index (χ4v) is 2.28. The third kappa shape index (κ3) is 4.24. The van der Waals surface area contributed by atoms with Gasteiger partial charge in [0.05, 0.1) is 6.20 Å². The Morgan fingerprint density at radius 1 is 1.36 bits per heavy atom. The molecule has 0 aliphatic carbocycles. The van der Waals surface area contributed by atoms with Gasteiger partial charge in [0, 0.05) is 31.3 Å². The standard InChI is InChI=1S/C16H17ClFN3O/c1-21(8-3-2-4-9-22)13-7-5-6-12(10-13)15-14(18)11-19-16(17)20-15/h5-7,9-11H,2-4,8H2,1H3. The Kier molecular flexibility index (Phi) is 5.83. The smallest absolute Gasteiger partial charge is 0.223 e. The number of carbonyl (C=O) groups is 1. The van der Waals surface area contributed by atoms with Gasteiger partial charge in [0.2, 0.25) is 5.28 Å². The minimum atomic E-state index is -0.504. The van der Waals surface area contributed by atoms with Crippen LogP contribution in [0.1, 0.15) is 19.3 Å². The number of aldehydes is 1. The van der Waals surface area contributed by atoms with E-state index in [1.807, 2.05) is 25.2 Å². The molecular weight excluding hydrogens is 305 g/mol. The first kappa shape index (κ1) is 16.4. The number of hydrogen-bond donors (Lipinski definition) is 0. The number of halogens is 2. The summed E-state index contributed by atoms with van der Waals surface area (Å²) in [5.74, 6) is -0.504. The lowest BCUT2D eigenvalue weighted by Crippen LogP contribution is -2.18. The molecule has 0 aliphatic rings. The largest absolute Gasteiger partial charge is 0.375 e. The van der Waals surface area contributed by atoms with Gasteiger partial charge in [-0.15, -0.1) is 0 Å². The van der Waals surface area contributed by atoms with Crippen LogP contribution in [0, 0.1) is 5.82 Å². The van der Waals surface area contributed by atoms with Crippen molar-refractivity contribution in [3.63, 3.8) is 0 Å². The monoisotopic (exact) mass is 321 g/mol. The number of anilines is 1. The van der Waals surface area contributed by atoms with Gasteiger partial charge in [0.15, 0.2) is 5.82 Å². The molecule has 1 aromatic heterocycles. The van der Waals surface area contributed by atoms with Gasteiger partial charge >= 0.3 is 0 Å². The molecule has 0 amide bonds. The Bertz CT molecular complexity index is 651. The van der Waals surface area contributed by atoms with Crippen molar-refractivity contribution in [2.45, 2.75) is 19.3 Å². The van der Waals surface area contributed by atoms with Crippen LogP contribution in [-0.2, 0) is 4.79 Å². The maximum Gasteiger partial charge on any atom is 0.223 e. The number of rotatable bonds is 7. The molecule has 0 fully saturated rings. The maximum absolute atomic E-state index is 13.8. The molecule has 0 bridgehead atoms. The fourth-order valence-electron chi connectivity index (χ4n) is 2.14. The Hall–Kier alpha value is -2.01. The lowest BCUT2D eigenvalue weighted by molar-refractivity contribution is -0.107. The molecule has 0 radical (unpaired) electrons. The average molecular weight is 322 g/mol. The topological polar surface area (TPSA) is 46.1 Å². The van der Waals surface area contributed by atoms with Gasteiger partial charge in [-0.3, -0.25) is 0 Å². The van der Waals surface area contributed by atoms with E-state index in [0.717, 1.165) is 37.6 Å². The van der Waals surface area contributed by atoms with Crippen LogP contribution in [0.4, 0.5) is 10.1 Å². The van der Waals surface area contributed by atoms with E-state index in [0.29, 0.717) is 12.0 Å². The maximum atomic E-state index is 13.8. The van der Waals surface area contributed by atoms with E-state index in [1.165, 1.54) is 0 Å². The van der Waals surface area contributed by atoms with Crippen molar-refractivity contribution >= 4 is 23.6 Å². The summed E-state index contributed by atoms with van der Waals surface area (Å²) in [4.78, 5) is 19.9. The average Bonchev–Trinajstić information content (AvgIpc) is 2.54. The van der Waals surface area contributed by atoms with E-state index < -0.39 is 5.82 Å². The summed E-state index contributed by atoms with van der Waals surface area (Å²) in [6.07, 6.45) is 4.37. The van der Waals surface area contributed by atoms with Crippen molar-refractivity contribution < 1.29 is 9.18 Å². The predicted octanol–water partition coefficient (Wildman–Crippen LogP) is 3.74. The number of aromatic nitrogens is 2. The summed E-state index contributed by atoms with van der Waals surface area (Å²) in [6.45, 7) is 0.824. The quantitative estimate of drug-likeness (QED) is 0.443. The first-order valence-corrected chi connectivity index (χ1v) is 7.43. The predicted molar refractivity (Wildman–Crippen MR) is 85.6 cm³/mol. The summed E-state index contributed by atoms with van der Waals surface area (Å²) in [7, 11) is 1.96. The zero-order chi connectivity index (χ0) is 15.9. The molecule has 0 saturated heterocycles. The van der Waals surface area contributed by atoms with Crippen LogP contribution < -0.4 is 4.90 Å². The molecule has 6 heteroatoms. The van der Waals surface area contributed by atoms with Crippen molar-refractivity contribution in [1.29, 1.82) is 0 Å². The molecule has 0 N–H and O–H groups in total. The Morgan fingerprint density at radius 3 is 2.95 bits per heavy atom. The fraction of sp³-hybridized carbons (Fsp3) is 0.312. The number of unbranched alkanes of at least 4 members (excludes halogenated alkanes) is 2. The van der Waals surface area contributed by atoms with Gasteiger partial charge < -0.3 is 9.69 Å². The van der Waals surface area contributed by atoms with E-state index in [-0.39, 0.29) is 11.0 Å². The zero-order valence-electron chi connectivity index (χ0n) is 12.3. The summed E-state index contributed by atoms with van der Waals surface area (Å²) >= 11 is 5.74. The lowest BCUT2D eigenvalue weighted by atomic mass is 10.1. The molecular formula is C16H17ClFN3O. The number of benzene rings is 1. The highest BCUT2D eigenvalue weighted by atomic mass is 35.5. The van der Waals surface area contributed by atoms with E-state index in [4.69, 9.17) is 11.6 Å². The van der Waals surface area contributed by atoms with Gasteiger partial charge in [0.25, 0.3) is 0 Å². The highest BCUT2D eigenvalue weighted by Gasteiger charge is 2.10. The number of carbonyl (C=O) groups excluding carboxylic acids is 1. The Balaban J connectivity index is 2.15. The lowest BCUT2D eigenvalue weighted by Gasteiger charge is -2.19. The molecule has 0 aliphatic heterocycles. The highest BCUT2D eigenvalue weighted by Crippen LogP contribution is 2.25. The van der Waals surface area contributed by atoms with E-state index in [1.54, 1.807) is 6.07 Å². The second-order valence-corrected chi connectivity index (χ2v) is 5.31. The van der Waals surface area contributed by atoms with Crippen LogP contribution >= 0.6 is 11.6 Å². The molecule has 1 heterocycles. The van der Waals surface area contributed by atoms with Crippen LogP contribution in [0.15, 0.2) is 30.5 Å². The molecule has 2 aromatic rings. The van der Waals surface area contributed by atoms with Gasteiger partial charge in [-0.05, 0) is 36.6 Å². The van der Waals surface area contributed by atoms with Crippen molar-refractivity contribution in [3.05, 3.63) is 41.6 Å². The van der Waals surface area contributed by atoms with Gasteiger partial charge in [-0.2, -0.15) is 0 Å². The summed E-state index contributed by atoms with van der Waals surface area (Å²) < 4.78 is 13.8. The van der Waals surface area contributed by atoms with Crippen LogP contribution in [0.5, 0.6) is 0 Å². The second-order valence-electron chi connectivity index (χ2n) is 4.97. The van der Waals surface area contributed by atoms with Gasteiger partial charge in [-0.1, -0.05) is 12.1 Å². The van der Waals surface area contributed by atoms with Crippen LogP contribution in [0.3, 0.4) is 0 Å². The highest BCUT2D eigenvalue weighted by molar-refractivity contribution is 6.28. The first-order chi connectivity index (χ1) is 10.6. The molecule has 0 saturated carbocycles. The number of nitrogens with zero attached hydrogens (tertiary/aromatic N) is 3. The third-order valence-electron chi connectivity index (χ3n) is 3.34. The molecule has 1 aromatic carbocycles. The normalized spacial score (nSPS) is 10.5. The minimum absolute atomic E-state index is 0.0176. The third-order valence-corrected chi connectivity index (χ3v) is 3.52. The summed E-state index contributed by atoms with van der Waals surface area (Å²) in [5.41, 5.74) is 1.80. The first-order valence-electron chi connectivity index (χ1n) is 7.05. The molecule has 2 rings (SSSR count). The molecule has 116 valence electrons. The van der Waals surface area contributed by atoms with Crippen molar-refractivity contribution in [2.75, 3.05) is 18.5 Å². The molecule has 0 atom stereocenters. The van der Waals surface area contributed by atoms with Crippen molar-refractivity contribution in [3.8, 4) is 11.3 Å². The molecule has 22 heavy (non-hydrogen) atoms. The van der Waals surface area contributed by atoms with E-state index in [2.05, 4.69) is 14.9 Å². The second kappa shape index (κ2) is 7.84. The van der Waals surface area contributed by atoms with Crippen molar-refractivity contribution in [1.82, 2.24) is 9.97 Å². The van der Waals surface area contributed by atoms with Crippen molar-refractivity contribution in [2.24, 2.45) is 0 Å². The van der Waals surface area contributed by atoms with Gasteiger partial charge in [0.1, 0.15) is 12.0 Å². The summed E-state index contributed by atoms with van der Waals surface area (Å²) in [5, 5.41) is 0.0176. The zero-order valence-corrected chi connectivity index (χ0v) is 13.1. The Labute approximate surface area is 134 Å². The molecule has 0 unspecified atom stereocenters. The van der Waals surface area contributed by atoms with Gasteiger partial charge in [-0.25, -0.2) is 14.4 Å². The molecule has 0 spiro atoms. The minimum Gasteiger partial charge on any atom is -0.375 e. The van der Waals surface area contributed by atoms with Crippen LogP contribution in [0.25, 0.3) is 11.3 Å². The van der Waals surface area contributed by atoms with Crippen LogP contribution in [0.2, 0.25) is 5.28 Å². The summed E-state index contributed by atoms with van der Waals surface area (Å²) in [6, 6.07) is 7.44. The van der Waals surface area contributed by atoms with Crippen LogP contribution in [-0.4, -0.2) is 29.8 Å². The van der Waals surface area contributed by atoms with E-state index in [9.17, 15) is 9.18 Å². The van der Waals surface area contributed by atoms with E-state index >= 15 is 0 Å². The Morgan fingerprint density at radius 2 is 2.18 bits per heavy atom.